The van der Waals surface area contributed by atoms with Crippen LogP contribution in [0.3, 0.4) is 0 Å². The Balaban J connectivity index is 2.06. The van der Waals surface area contributed by atoms with Crippen LogP contribution in [0.5, 0.6) is 11.5 Å². The van der Waals surface area contributed by atoms with Gasteiger partial charge in [0.25, 0.3) is 10.0 Å². The first-order valence-electron chi connectivity index (χ1n) is 14.3. The second-order valence-electron chi connectivity index (χ2n) is 10.0. The molecule has 0 aliphatic carbocycles. The summed E-state index contributed by atoms with van der Waals surface area (Å²) in [6, 6.07) is 16.8. The minimum Gasteiger partial charge on any atom is -0.497 e. The van der Waals surface area contributed by atoms with E-state index < -0.39 is 34.3 Å². The van der Waals surface area contributed by atoms with Gasteiger partial charge in [0.1, 0.15) is 29.9 Å². The number of halogens is 1. The van der Waals surface area contributed by atoms with E-state index in [9.17, 15) is 22.4 Å². The van der Waals surface area contributed by atoms with Gasteiger partial charge in [0.05, 0.1) is 24.3 Å². The van der Waals surface area contributed by atoms with Crippen molar-refractivity contribution in [3.05, 3.63) is 84.2 Å². The molecule has 0 saturated heterocycles. The average Bonchev–Trinajstić information content (AvgIpc) is 3.00. The van der Waals surface area contributed by atoms with E-state index in [1.54, 1.807) is 62.6 Å². The smallest absolute Gasteiger partial charge is 0.264 e. The third-order valence-electron chi connectivity index (χ3n) is 7.02. The highest BCUT2D eigenvalue weighted by Crippen LogP contribution is 2.27. The molecule has 232 valence electrons. The molecule has 0 heterocycles. The zero-order valence-corrected chi connectivity index (χ0v) is 26.1. The van der Waals surface area contributed by atoms with E-state index in [1.165, 1.54) is 4.90 Å². The lowest BCUT2D eigenvalue weighted by atomic mass is 10.1. The molecule has 0 bridgehead atoms. The molecule has 3 rings (SSSR count). The number of sulfonamides is 1. The molecule has 0 radical (unpaired) electrons. The van der Waals surface area contributed by atoms with Gasteiger partial charge in [-0.1, -0.05) is 26.0 Å². The molecule has 0 aliphatic heterocycles. The molecule has 0 unspecified atom stereocenters. The highest BCUT2D eigenvalue weighted by Gasteiger charge is 2.34. The summed E-state index contributed by atoms with van der Waals surface area (Å²) in [5.41, 5.74) is 0.945. The van der Waals surface area contributed by atoms with Gasteiger partial charge in [-0.25, -0.2) is 12.8 Å². The molecule has 0 aromatic heterocycles. The van der Waals surface area contributed by atoms with Crippen LogP contribution in [-0.2, 0) is 26.2 Å². The molecule has 2 amide bonds. The van der Waals surface area contributed by atoms with Crippen LogP contribution < -0.4 is 19.1 Å². The standard InChI is InChI=1S/C32H40FN3O6S/c1-6-23(4)34-32(38)30(7-2)35(21-24-9-15-27(41-5)16-10-24)31(37)22-36(26-13-17-28(18-14-26)42-8-3)43(39,40)29-19-11-25(33)12-20-29/h9-20,23,30H,6-8,21-22H2,1-5H3,(H,34,38)/t23-,30-/m0/s1. The Hall–Kier alpha value is -4.12. The molecule has 3 aromatic carbocycles. The van der Waals surface area contributed by atoms with Crippen LogP contribution in [0.15, 0.2) is 77.7 Å². The first-order chi connectivity index (χ1) is 20.5. The number of carbonyl (C=O) groups excluding carboxylic acids is 2. The van der Waals surface area contributed by atoms with Crippen molar-refractivity contribution in [1.82, 2.24) is 10.2 Å². The largest absolute Gasteiger partial charge is 0.497 e. The molecule has 43 heavy (non-hydrogen) atoms. The number of anilines is 1. The van der Waals surface area contributed by atoms with Crippen LogP contribution in [0.4, 0.5) is 10.1 Å². The van der Waals surface area contributed by atoms with Gasteiger partial charge in [-0.05, 0) is 92.9 Å². The number of nitrogens with one attached hydrogen (secondary N) is 1. The first kappa shape index (κ1) is 33.4. The van der Waals surface area contributed by atoms with E-state index in [4.69, 9.17) is 9.47 Å². The number of carbonyl (C=O) groups is 2. The second-order valence-corrected chi connectivity index (χ2v) is 11.9. The number of hydrogen-bond acceptors (Lipinski definition) is 6. The first-order valence-corrected chi connectivity index (χ1v) is 15.7. The summed E-state index contributed by atoms with van der Waals surface area (Å²) in [6.45, 7) is 7.34. The quantitative estimate of drug-likeness (QED) is 0.254. The number of ether oxygens (including phenoxy) is 2. The Morgan fingerprint density at radius 1 is 0.884 bits per heavy atom. The van der Waals surface area contributed by atoms with Crippen molar-refractivity contribution >= 4 is 27.5 Å². The topological polar surface area (TPSA) is 105 Å². The van der Waals surface area contributed by atoms with E-state index in [0.717, 1.165) is 34.1 Å². The van der Waals surface area contributed by atoms with Crippen molar-refractivity contribution in [3.63, 3.8) is 0 Å². The SMILES string of the molecule is CCOc1ccc(N(CC(=O)N(Cc2ccc(OC)cc2)[C@@H](CC)C(=O)N[C@@H](C)CC)S(=O)(=O)c2ccc(F)cc2)cc1. The maximum Gasteiger partial charge on any atom is 0.264 e. The average molecular weight is 614 g/mol. The van der Waals surface area contributed by atoms with Crippen LogP contribution in [0.25, 0.3) is 0 Å². The molecule has 0 fully saturated rings. The maximum absolute atomic E-state index is 14.1. The second kappa shape index (κ2) is 15.4. The summed E-state index contributed by atoms with van der Waals surface area (Å²) in [7, 11) is -2.77. The van der Waals surface area contributed by atoms with Crippen molar-refractivity contribution < 1.29 is 31.9 Å². The highest BCUT2D eigenvalue weighted by molar-refractivity contribution is 7.92. The summed E-state index contributed by atoms with van der Waals surface area (Å²) in [5.74, 6) is -0.332. The Labute approximate surface area is 253 Å². The van der Waals surface area contributed by atoms with Crippen LogP contribution in [0.1, 0.15) is 46.1 Å². The summed E-state index contributed by atoms with van der Waals surface area (Å²) >= 11 is 0. The van der Waals surface area contributed by atoms with Gasteiger partial charge in [-0.15, -0.1) is 0 Å². The molecule has 0 saturated carbocycles. The van der Waals surface area contributed by atoms with Gasteiger partial charge in [0, 0.05) is 12.6 Å². The van der Waals surface area contributed by atoms with Crippen molar-refractivity contribution in [2.45, 2.75) is 64.1 Å². The number of rotatable bonds is 15. The van der Waals surface area contributed by atoms with E-state index >= 15 is 0 Å². The minimum absolute atomic E-state index is 0.0585. The van der Waals surface area contributed by atoms with Gasteiger partial charge in [0.2, 0.25) is 11.8 Å². The fourth-order valence-corrected chi connectivity index (χ4v) is 5.84. The molecule has 0 spiro atoms. The normalized spacial score (nSPS) is 12.6. The lowest BCUT2D eigenvalue weighted by Crippen LogP contribution is -2.53. The monoisotopic (exact) mass is 613 g/mol. The zero-order chi connectivity index (χ0) is 31.6. The summed E-state index contributed by atoms with van der Waals surface area (Å²) in [5, 5.41) is 2.95. The van der Waals surface area contributed by atoms with Crippen molar-refractivity contribution in [1.29, 1.82) is 0 Å². The molecule has 11 heteroatoms. The van der Waals surface area contributed by atoms with Crippen molar-refractivity contribution in [3.8, 4) is 11.5 Å². The third kappa shape index (κ3) is 8.70. The predicted molar refractivity (Wildman–Crippen MR) is 164 cm³/mol. The number of hydrogen-bond donors (Lipinski definition) is 1. The Bertz CT molecular complexity index is 1450. The zero-order valence-electron chi connectivity index (χ0n) is 25.2. The summed E-state index contributed by atoms with van der Waals surface area (Å²) in [6.07, 6.45) is 1.01. The van der Waals surface area contributed by atoms with E-state index in [0.29, 0.717) is 30.9 Å². The van der Waals surface area contributed by atoms with Gasteiger partial charge < -0.3 is 19.7 Å². The van der Waals surface area contributed by atoms with Crippen LogP contribution >= 0.6 is 0 Å². The Morgan fingerprint density at radius 2 is 1.49 bits per heavy atom. The molecular weight excluding hydrogens is 573 g/mol. The lowest BCUT2D eigenvalue weighted by Gasteiger charge is -2.33. The third-order valence-corrected chi connectivity index (χ3v) is 8.80. The molecule has 1 N–H and O–H groups in total. The number of nitrogens with zero attached hydrogens (tertiary/aromatic N) is 2. The number of methoxy groups -OCH3 is 1. The van der Waals surface area contributed by atoms with Gasteiger partial charge in [-0.3, -0.25) is 13.9 Å². The Morgan fingerprint density at radius 3 is 2.02 bits per heavy atom. The molecule has 9 nitrogen and oxygen atoms in total. The van der Waals surface area contributed by atoms with Crippen LogP contribution in [0, 0.1) is 5.82 Å². The van der Waals surface area contributed by atoms with E-state index in [1.807, 2.05) is 20.8 Å². The minimum atomic E-state index is -4.32. The fraction of sp³-hybridized carbons (Fsp3) is 0.375. The fourth-order valence-electron chi connectivity index (χ4n) is 4.43. The number of amides is 2. The lowest BCUT2D eigenvalue weighted by molar-refractivity contribution is -0.140. The summed E-state index contributed by atoms with van der Waals surface area (Å²) < 4.78 is 53.2. The summed E-state index contributed by atoms with van der Waals surface area (Å²) in [4.78, 5) is 28.7. The predicted octanol–water partition coefficient (Wildman–Crippen LogP) is 5.15. The van der Waals surface area contributed by atoms with E-state index in [-0.39, 0.29) is 29.1 Å². The molecule has 2 atom stereocenters. The molecule has 0 aliphatic rings. The van der Waals surface area contributed by atoms with E-state index in [2.05, 4.69) is 5.32 Å². The molecular formula is C32H40FN3O6S. The molecule has 3 aromatic rings. The highest BCUT2D eigenvalue weighted by atomic mass is 32.2. The van der Waals surface area contributed by atoms with Crippen molar-refractivity contribution in [2.75, 3.05) is 24.6 Å². The van der Waals surface area contributed by atoms with Gasteiger partial charge >= 0.3 is 0 Å². The van der Waals surface area contributed by atoms with Crippen LogP contribution in [-0.4, -0.2) is 57.5 Å². The van der Waals surface area contributed by atoms with Crippen molar-refractivity contribution in [2.24, 2.45) is 0 Å². The number of benzene rings is 3. The maximum atomic E-state index is 14.1. The van der Waals surface area contributed by atoms with Gasteiger partial charge in [-0.2, -0.15) is 0 Å². The van der Waals surface area contributed by atoms with Crippen LogP contribution in [0.2, 0.25) is 0 Å². The Kier molecular flexibility index (Phi) is 11.9. The van der Waals surface area contributed by atoms with Gasteiger partial charge in [0.15, 0.2) is 0 Å².